The SMILES string of the molecule is C=Cc1cnc2oc(C(C)C)c(C#N)c2n1. The average Bonchev–Trinajstić information content (AvgIpc) is 2.66. The van der Waals surface area contributed by atoms with Gasteiger partial charge in [0.15, 0.2) is 0 Å². The number of furan rings is 1. The van der Waals surface area contributed by atoms with Crippen molar-refractivity contribution >= 4 is 17.3 Å². The summed E-state index contributed by atoms with van der Waals surface area (Å²) in [4.78, 5) is 8.38. The normalized spacial score (nSPS) is 10.6. The smallest absolute Gasteiger partial charge is 0.246 e. The first-order chi connectivity index (χ1) is 7.67. The van der Waals surface area contributed by atoms with E-state index in [1.54, 1.807) is 12.3 Å². The molecule has 0 amide bonds. The summed E-state index contributed by atoms with van der Waals surface area (Å²) in [5.41, 5.74) is 2.04. The fourth-order valence-corrected chi connectivity index (χ4v) is 1.51. The van der Waals surface area contributed by atoms with Crippen molar-refractivity contribution in [3.05, 3.63) is 29.8 Å². The molecule has 0 bridgehead atoms. The molecule has 0 fully saturated rings. The van der Waals surface area contributed by atoms with E-state index in [0.717, 1.165) is 0 Å². The lowest BCUT2D eigenvalue weighted by Gasteiger charge is -1.97. The summed E-state index contributed by atoms with van der Waals surface area (Å²) in [5.74, 6) is 0.775. The van der Waals surface area contributed by atoms with Crippen LogP contribution in [0.1, 0.15) is 36.8 Å². The van der Waals surface area contributed by atoms with Crippen molar-refractivity contribution in [3.63, 3.8) is 0 Å². The van der Waals surface area contributed by atoms with Crippen molar-refractivity contribution < 1.29 is 4.42 Å². The van der Waals surface area contributed by atoms with E-state index in [0.29, 0.717) is 28.2 Å². The number of rotatable bonds is 2. The number of fused-ring (bicyclic) bond motifs is 1. The van der Waals surface area contributed by atoms with Gasteiger partial charge < -0.3 is 4.42 Å². The molecule has 4 heteroatoms. The van der Waals surface area contributed by atoms with E-state index in [2.05, 4.69) is 22.6 Å². The molecule has 0 radical (unpaired) electrons. The second kappa shape index (κ2) is 3.78. The van der Waals surface area contributed by atoms with Crippen LogP contribution >= 0.6 is 0 Å². The van der Waals surface area contributed by atoms with Crippen LogP contribution in [0, 0.1) is 11.3 Å². The summed E-state index contributed by atoms with van der Waals surface area (Å²) in [6, 6.07) is 2.12. The van der Waals surface area contributed by atoms with Crippen LogP contribution in [-0.4, -0.2) is 9.97 Å². The van der Waals surface area contributed by atoms with Gasteiger partial charge in [-0.3, -0.25) is 0 Å². The third-order valence-corrected chi connectivity index (χ3v) is 2.29. The Bertz CT molecular complexity index is 590. The molecule has 4 nitrogen and oxygen atoms in total. The minimum Gasteiger partial charge on any atom is -0.440 e. The minimum absolute atomic E-state index is 0.137. The fourth-order valence-electron chi connectivity index (χ4n) is 1.51. The Morgan fingerprint density at radius 1 is 1.56 bits per heavy atom. The summed E-state index contributed by atoms with van der Waals surface area (Å²) in [5, 5.41) is 9.11. The number of hydrogen-bond donors (Lipinski definition) is 0. The van der Waals surface area contributed by atoms with Gasteiger partial charge in [-0.05, 0) is 6.08 Å². The molecular weight excluding hydrogens is 202 g/mol. The summed E-state index contributed by atoms with van der Waals surface area (Å²) >= 11 is 0. The van der Waals surface area contributed by atoms with E-state index < -0.39 is 0 Å². The van der Waals surface area contributed by atoms with Gasteiger partial charge in [0.2, 0.25) is 5.71 Å². The van der Waals surface area contributed by atoms with Crippen molar-refractivity contribution in [2.75, 3.05) is 0 Å². The Hall–Kier alpha value is -2.15. The Kier molecular flexibility index (Phi) is 2.45. The number of nitrogens with zero attached hydrogens (tertiary/aromatic N) is 3. The van der Waals surface area contributed by atoms with E-state index in [1.165, 1.54) is 0 Å². The molecule has 0 saturated carbocycles. The first-order valence-electron chi connectivity index (χ1n) is 4.99. The monoisotopic (exact) mass is 213 g/mol. The molecule has 80 valence electrons. The topological polar surface area (TPSA) is 62.7 Å². The summed E-state index contributed by atoms with van der Waals surface area (Å²) in [6.45, 7) is 7.55. The molecule has 0 aliphatic heterocycles. The van der Waals surface area contributed by atoms with Crippen molar-refractivity contribution in [2.24, 2.45) is 0 Å². The number of nitriles is 1. The summed E-state index contributed by atoms with van der Waals surface area (Å²) in [6.07, 6.45) is 3.17. The molecule has 0 spiro atoms. The van der Waals surface area contributed by atoms with Crippen molar-refractivity contribution in [1.82, 2.24) is 9.97 Å². The molecule has 0 aliphatic carbocycles. The van der Waals surface area contributed by atoms with Crippen molar-refractivity contribution in [3.8, 4) is 6.07 Å². The Balaban J connectivity index is 2.79. The van der Waals surface area contributed by atoms with Crippen LogP contribution in [0.25, 0.3) is 17.3 Å². The molecule has 2 aromatic rings. The zero-order valence-electron chi connectivity index (χ0n) is 9.19. The molecule has 16 heavy (non-hydrogen) atoms. The molecule has 0 N–H and O–H groups in total. The highest BCUT2D eigenvalue weighted by Gasteiger charge is 2.18. The zero-order valence-corrected chi connectivity index (χ0v) is 9.19. The van der Waals surface area contributed by atoms with Crippen LogP contribution in [0.3, 0.4) is 0 Å². The maximum absolute atomic E-state index is 9.11. The van der Waals surface area contributed by atoms with E-state index in [-0.39, 0.29) is 5.92 Å². The van der Waals surface area contributed by atoms with Crippen LogP contribution in [0.4, 0.5) is 0 Å². The molecule has 2 rings (SSSR count). The Morgan fingerprint density at radius 2 is 2.31 bits per heavy atom. The van der Waals surface area contributed by atoms with Gasteiger partial charge in [-0.1, -0.05) is 20.4 Å². The van der Waals surface area contributed by atoms with Gasteiger partial charge in [0, 0.05) is 5.92 Å². The van der Waals surface area contributed by atoms with E-state index >= 15 is 0 Å². The fraction of sp³-hybridized carbons (Fsp3) is 0.250. The molecule has 0 aliphatic rings. The van der Waals surface area contributed by atoms with Gasteiger partial charge in [0.25, 0.3) is 0 Å². The van der Waals surface area contributed by atoms with Gasteiger partial charge in [0.05, 0.1) is 11.9 Å². The lowest BCUT2D eigenvalue weighted by atomic mass is 10.1. The Labute approximate surface area is 93.2 Å². The quantitative estimate of drug-likeness (QED) is 0.769. The molecular formula is C12H11N3O. The van der Waals surface area contributed by atoms with Gasteiger partial charge in [-0.2, -0.15) is 5.26 Å². The molecule has 2 heterocycles. The molecule has 2 aromatic heterocycles. The van der Waals surface area contributed by atoms with Gasteiger partial charge in [-0.15, -0.1) is 0 Å². The van der Waals surface area contributed by atoms with Crippen LogP contribution in [0.2, 0.25) is 0 Å². The largest absolute Gasteiger partial charge is 0.440 e. The predicted molar refractivity (Wildman–Crippen MR) is 60.7 cm³/mol. The standard InChI is InChI=1S/C12H11N3O/c1-4-8-6-14-12-10(15-8)9(5-13)11(16-12)7(2)3/h4,6-7H,1H2,2-3H3. The van der Waals surface area contributed by atoms with E-state index in [1.807, 2.05) is 13.8 Å². The highest BCUT2D eigenvalue weighted by atomic mass is 16.3. The highest BCUT2D eigenvalue weighted by Crippen LogP contribution is 2.27. The highest BCUT2D eigenvalue weighted by molar-refractivity contribution is 5.78. The Morgan fingerprint density at radius 3 is 2.88 bits per heavy atom. The van der Waals surface area contributed by atoms with E-state index in [4.69, 9.17) is 9.68 Å². The van der Waals surface area contributed by atoms with Crippen LogP contribution in [-0.2, 0) is 0 Å². The average molecular weight is 213 g/mol. The van der Waals surface area contributed by atoms with Gasteiger partial charge in [0.1, 0.15) is 22.9 Å². The maximum atomic E-state index is 9.11. The first-order valence-corrected chi connectivity index (χ1v) is 4.99. The van der Waals surface area contributed by atoms with Crippen molar-refractivity contribution in [2.45, 2.75) is 19.8 Å². The lowest BCUT2D eigenvalue weighted by Crippen LogP contribution is -1.88. The molecule has 0 saturated heterocycles. The minimum atomic E-state index is 0.137. The molecule has 0 unspecified atom stereocenters. The van der Waals surface area contributed by atoms with Crippen LogP contribution < -0.4 is 0 Å². The predicted octanol–water partition coefficient (Wildman–Crippen LogP) is 2.86. The van der Waals surface area contributed by atoms with E-state index in [9.17, 15) is 0 Å². The zero-order chi connectivity index (χ0) is 11.7. The van der Waals surface area contributed by atoms with Crippen LogP contribution in [0.5, 0.6) is 0 Å². The lowest BCUT2D eigenvalue weighted by molar-refractivity contribution is 0.512. The van der Waals surface area contributed by atoms with Crippen molar-refractivity contribution in [1.29, 1.82) is 5.26 Å². The number of aromatic nitrogens is 2. The van der Waals surface area contributed by atoms with Gasteiger partial charge >= 0.3 is 0 Å². The third kappa shape index (κ3) is 1.47. The van der Waals surface area contributed by atoms with Crippen LogP contribution in [0.15, 0.2) is 17.2 Å². The van der Waals surface area contributed by atoms with Gasteiger partial charge in [-0.25, -0.2) is 9.97 Å². The maximum Gasteiger partial charge on any atom is 0.246 e. The summed E-state index contributed by atoms with van der Waals surface area (Å²) in [7, 11) is 0. The second-order valence-electron chi connectivity index (χ2n) is 3.76. The number of hydrogen-bond acceptors (Lipinski definition) is 4. The third-order valence-electron chi connectivity index (χ3n) is 2.29. The second-order valence-corrected chi connectivity index (χ2v) is 3.76. The molecule has 0 aromatic carbocycles. The molecule has 0 atom stereocenters. The summed E-state index contributed by atoms with van der Waals surface area (Å²) < 4.78 is 5.52. The first kappa shape index (κ1) is 10.4.